The molecule has 0 bridgehead atoms. The molecule has 3 heterocycles. The quantitative estimate of drug-likeness (QED) is 0.787. The van der Waals surface area contributed by atoms with E-state index in [4.69, 9.17) is 4.74 Å². The van der Waals surface area contributed by atoms with Gasteiger partial charge in [0.25, 0.3) is 5.91 Å². The van der Waals surface area contributed by atoms with Crippen molar-refractivity contribution in [2.75, 3.05) is 19.7 Å². The highest BCUT2D eigenvalue weighted by atomic mass is 35.5. The van der Waals surface area contributed by atoms with Crippen LogP contribution in [0.4, 0.5) is 0 Å². The fourth-order valence-electron chi connectivity index (χ4n) is 4.89. The molecule has 1 saturated heterocycles. The van der Waals surface area contributed by atoms with Crippen LogP contribution in [0.2, 0.25) is 0 Å². The van der Waals surface area contributed by atoms with Crippen molar-refractivity contribution in [3.63, 3.8) is 0 Å². The first-order chi connectivity index (χ1) is 14.3. The summed E-state index contributed by atoms with van der Waals surface area (Å²) in [6.07, 6.45) is 9.38. The van der Waals surface area contributed by atoms with E-state index < -0.39 is 0 Å². The number of hydrogen-bond acceptors (Lipinski definition) is 5. The van der Waals surface area contributed by atoms with Crippen LogP contribution in [0, 0.1) is 0 Å². The first kappa shape index (κ1) is 21.1. The molecule has 8 heteroatoms. The van der Waals surface area contributed by atoms with Crippen LogP contribution in [-0.4, -0.2) is 51.5 Å². The summed E-state index contributed by atoms with van der Waals surface area (Å²) in [5.41, 5.74) is 2.89. The van der Waals surface area contributed by atoms with Crippen LogP contribution in [0.15, 0.2) is 24.4 Å². The molecule has 1 N–H and O–H groups in total. The maximum absolute atomic E-state index is 13.4. The molecule has 1 aliphatic carbocycles. The first-order valence-corrected chi connectivity index (χ1v) is 11.0. The molecule has 162 valence electrons. The number of benzene rings is 1. The molecule has 7 nitrogen and oxygen atoms in total. The molecule has 0 atom stereocenters. The van der Waals surface area contributed by atoms with Crippen LogP contribution < -0.4 is 10.1 Å². The van der Waals surface area contributed by atoms with E-state index in [0.29, 0.717) is 18.3 Å². The topological polar surface area (TPSA) is 72.3 Å². The van der Waals surface area contributed by atoms with Gasteiger partial charge in [0.15, 0.2) is 5.69 Å². The smallest absolute Gasteiger partial charge is 0.276 e. The van der Waals surface area contributed by atoms with Crippen molar-refractivity contribution in [1.82, 2.24) is 25.2 Å². The van der Waals surface area contributed by atoms with Crippen molar-refractivity contribution in [2.45, 2.75) is 63.6 Å². The molecular weight excluding hydrogens is 402 g/mol. The van der Waals surface area contributed by atoms with Crippen LogP contribution in [-0.2, 0) is 13.0 Å². The highest BCUT2D eigenvalue weighted by Gasteiger charge is 2.30. The predicted octanol–water partition coefficient (Wildman–Crippen LogP) is 3.14. The standard InChI is InChI=1S/C22H29N5O2.ClH/c28-22(20-15-27(25-24-20)19-7-10-23-11-8-19)26(18-3-1-2-4-18)14-16-5-6-21-17(13-16)9-12-29-21;/h5-6,13,15,18-19,23H,1-4,7-12,14H2;1H. The highest BCUT2D eigenvalue weighted by molar-refractivity contribution is 5.92. The molecule has 1 aromatic heterocycles. The van der Waals surface area contributed by atoms with Crippen molar-refractivity contribution in [3.05, 3.63) is 41.2 Å². The van der Waals surface area contributed by atoms with Crippen LogP contribution in [0.3, 0.4) is 0 Å². The molecule has 30 heavy (non-hydrogen) atoms. The molecule has 0 unspecified atom stereocenters. The van der Waals surface area contributed by atoms with Gasteiger partial charge in [-0.25, -0.2) is 4.68 Å². The number of carbonyl (C=O) groups is 1. The average molecular weight is 432 g/mol. The number of hydrogen-bond donors (Lipinski definition) is 1. The third-order valence-corrected chi connectivity index (χ3v) is 6.55. The van der Waals surface area contributed by atoms with Gasteiger partial charge in [-0.2, -0.15) is 0 Å². The van der Waals surface area contributed by atoms with E-state index in [1.807, 2.05) is 21.8 Å². The molecular formula is C22H30ClN5O2. The Morgan fingerprint density at radius 3 is 2.80 bits per heavy atom. The Balaban J connectivity index is 0.00000218. The lowest BCUT2D eigenvalue weighted by atomic mass is 10.1. The largest absolute Gasteiger partial charge is 0.493 e. The van der Waals surface area contributed by atoms with Gasteiger partial charge in [-0.1, -0.05) is 30.2 Å². The summed E-state index contributed by atoms with van der Waals surface area (Å²) in [5, 5.41) is 11.9. The SMILES string of the molecule is Cl.O=C(c1cn(C2CCNCC2)nn1)N(Cc1ccc2c(c1)CCO2)C1CCCC1. The number of nitrogens with zero attached hydrogens (tertiary/aromatic N) is 4. The van der Waals surface area contributed by atoms with Crippen molar-refractivity contribution in [1.29, 1.82) is 0 Å². The molecule has 2 aliphatic heterocycles. The Labute approximate surface area is 183 Å². The van der Waals surface area contributed by atoms with Crippen LogP contribution in [0.5, 0.6) is 5.75 Å². The Morgan fingerprint density at radius 1 is 1.20 bits per heavy atom. The van der Waals surface area contributed by atoms with Crippen molar-refractivity contribution < 1.29 is 9.53 Å². The molecule has 5 rings (SSSR count). The van der Waals surface area contributed by atoms with Crippen molar-refractivity contribution in [3.8, 4) is 5.75 Å². The lowest BCUT2D eigenvalue weighted by Crippen LogP contribution is -2.38. The number of carbonyl (C=O) groups excluding carboxylic acids is 1. The van der Waals surface area contributed by atoms with E-state index >= 15 is 0 Å². The number of aromatic nitrogens is 3. The lowest BCUT2D eigenvalue weighted by molar-refractivity contribution is 0.0658. The van der Waals surface area contributed by atoms with Crippen LogP contribution in [0.1, 0.15) is 66.2 Å². The maximum Gasteiger partial charge on any atom is 0.276 e. The van der Waals surface area contributed by atoms with E-state index in [-0.39, 0.29) is 24.4 Å². The number of rotatable bonds is 5. The molecule has 3 aliphatic rings. The number of nitrogens with one attached hydrogen (secondary N) is 1. The summed E-state index contributed by atoms with van der Waals surface area (Å²) in [5.74, 6) is 0.992. The molecule has 2 fully saturated rings. The fourth-order valence-corrected chi connectivity index (χ4v) is 4.89. The molecule has 2 aromatic rings. The lowest BCUT2D eigenvalue weighted by Gasteiger charge is -2.28. The van der Waals surface area contributed by atoms with E-state index in [0.717, 1.165) is 57.6 Å². The second-order valence-corrected chi connectivity index (χ2v) is 8.48. The normalized spacial score (nSPS) is 19.2. The van der Waals surface area contributed by atoms with Crippen LogP contribution >= 0.6 is 12.4 Å². The highest BCUT2D eigenvalue weighted by Crippen LogP contribution is 2.30. The molecule has 0 spiro atoms. The van der Waals surface area contributed by atoms with Gasteiger partial charge >= 0.3 is 0 Å². The van der Waals surface area contributed by atoms with Gasteiger partial charge in [0.1, 0.15) is 5.75 Å². The first-order valence-electron chi connectivity index (χ1n) is 11.0. The zero-order valence-corrected chi connectivity index (χ0v) is 18.1. The van der Waals surface area contributed by atoms with E-state index in [9.17, 15) is 4.79 Å². The van der Waals surface area contributed by atoms with Crippen LogP contribution in [0.25, 0.3) is 0 Å². The van der Waals surface area contributed by atoms with Gasteiger partial charge in [0.05, 0.1) is 18.8 Å². The van der Waals surface area contributed by atoms with Crippen molar-refractivity contribution in [2.24, 2.45) is 0 Å². The molecule has 1 amide bonds. The summed E-state index contributed by atoms with van der Waals surface area (Å²) in [6.45, 7) is 3.36. The monoisotopic (exact) mass is 431 g/mol. The zero-order valence-electron chi connectivity index (χ0n) is 17.3. The minimum atomic E-state index is 0. The molecule has 1 saturated carbocycles. The Kier molecular flexibility index (Phi) is 6.58. The van der Waals surface area contributed by atoms with Gasteiger partial charge in [-0.05, 0) is 56.0 Å². The van der Waals surface area contributed by atoms with Gasteiger partial charge in [-0.3, -0.25) is 4.79 Å². The van der Waals surface area contributed by atoms with E-state index in [1.165, 1.54) is 24.0 Å². The third-order valence-electron chi connectivity index (χ3n) is 6.55. The van der Waals surface area contributed by atoms with Gasteiger partial charge < -0.3 is 15.0 Å². The van der Waals surface area contributed by atoms with Crippen molar-refractivity contribution >= 4 is 18.3 Å². The van der Waals surface area contributed by atoms with E-state index in [2.05, 4.69) is 27.8 Å². The maximum atomic E-state index is 13.4. The number of fused-ring (bicyclic) bond motifs is 1. The second kappa shape index (κ2) is 9.35. The Bertz CT molecular complexity index is 874. The number of amides is 1. The number of halogens is 1. The van der Waals surface area contributed by atoms with Gasteiger partial charge in [0.2, 0.25) is 0 Å². The third kappa shape index (κ3) is 4.32. The Morgan fingerprint density at radius 2 is 2.00 bits per heavy atom. The second-order valence-electron chi connectivity index (χ2n) is 8.48. The molecule has 1 aromatic carbocycles. The van der Waals surface area contributed by atoms with Gasteiger partial charge in [0, 0.05) is 19.0 Å². The summed E-state index contributed by atoms with van der Waals surface area (Å²) in [4.78, 5) is 15.5. The minimum Gasteiger partial charge on any atom is -0.493 e. The summed E-state index contributed by atoms with van der Waals surface area (Å²) in [7, 11) is 0. The summed E-state index contributed by atoms with van der Waals surface area (Å²) < 4.78 is 7.53. The summed E-state index contributed by atoms with van der Waals surface area (Å²) >= 11 is 0. The van der Waals surface area contributed by atoms with E-state index in [1.54, 1.807) is 0 Å². The number of piperidine rings is 1. The number of ether oxygens (including phenoxy) is 1. The van der Waals surface area contributed by atoms with Gasteiger partial charge in [-0.15, -0.1) is 17.5 Å². The zero-order chi connectivity index (χ0) is 19.6. The Hall–Kier alpha value is -2.12. The molecule has 0 radical (unpaired) electrons. The fraction of sp³-hybridized carbons (Fsp3) is 0.591. The summed E-state index contributed by atoms with van der Waals surface area (Å²) in [6, 6.07) is 6.95. The average Bonchev–Trinajstić information content (AvgIpc) is 3.53. The minimum absolute atomic E-state index is 0. The predicted molar refractivity (Wildman–Crippen MR) is 116 cm³/mol.